The molecule has 7 nitrogen and oxygen atoms in total. The quantitative estimate of drug-likeness (QED) is 0.365. The Balaban J connectivity index is 1.60. The van der Waals surface area contributed by atoms with Crippen molar-refractivity contribution in [1.29, 1.82) is 0 Å². The highest BCUT2D eigenvalue weighted by Crippen LogP contribution is 2.29. The minimum absolute atomic E-state index is 0.00353. The molecule has 0 radical (unpaired) electrons. The fourth-order valence-corrected chi connectivity index (χ4v) is 4.52. The van der Waals surface area contributed by atoms with Crippen LogP contribution in [0, 0.1) is 0 Å². The lowest BCUT2D eigenvalue weighted by molar-refractivity contribution is -0.151. The summed E-state index contributed by atoms with van der Waals surface area (Å²) >= 11 is 7.16. The van der Waals surface area contributed by atoms with Crippen LogP contribution in [0.15, 0.2) is 48.5 Å². The fourth-order valence-electron chi connectivity index (χ4n) is 3.29. The first-order chi connectivity index (χ1) is 15.8. The smallest absolute Gasteiger partial charge is 0.306 e. The van der Waals surface area contributed by atoms with Gasteiger partial charge in [0.05, 0.1) is 11.7 Å². The van der Waals surface area contributed by atoms with Gasteiger partial charge in [-0.1, -0.05) is 47.6 Å². The van der Waals surface area contributed by atoms with Crippen LogP contribution in [-0.4, -0.2) is 39.8 Å². The van der Waals surface area contributed by atoms with Crippen molar-refractivity contribution in [1.82, 2.24) is 0 Å². The summed E-state index contributed by atoms with van der Waals surface area (Å²) in [6.45, 7) is 0.0375. The van der Waals surface area contributed by atoms with Gasteiger partial charge in [0, 0.05) is 17.9 Å². The molecule has 0 aromatic heterocycles. The Hall–Kier alpha value is -2.84. The molecule has 2 aromatic rings. The number of hydrogen-bond donors (Lipinski definition) is 1. The zero-order valence-electron chi connectivity index (χ0n) is 17.7. The second kappa shape index (κ2) is 11.9. The van der Waals surface area contributed by atoms with Gasteiger partial charge in [-0.2, -0.15) is 0 Å². The van der Waals surface area contributed by atoms with Crippen LogP contribution in [0.3, 0.4) is 0 Å². The van der Waals surface area contributed by atoms with Gasteiger partial charge in [-0.25, -0.2) is 0 Å². The number of rotatable bonds is 11. The number of carbonyl (C=O) groups is 4. The molecule has 1 saturated heterocycles. The summed E-state index contributed by atoms with van der Waals surface area (Å²) < 4.78 is 11.4. The third-order valence-electron chi connectivity index (χ3n) is 4.96. The highest BCUT2D eigenvalue weighted by atomic mass is 35.5. The molecular weight excluding hydrogens is 468 g/mol. The van der Waals surface area contributed by atoms with Crippen LogP contribution >= 0.6 is 23.4 Å². The molecule has 1 aliphatic heterocycles. The van der Waals surface area contributed by atoms with E-state index in [0.29, 0.717) is 22.8 Å². The average molecular weight is 491 g/mol. The Morgan fingerprint density at radius 3 is 2.52 bits per heavy atom. The molecule has 1 fully saturated rings. The van der Waals surface area contributed by atoms with E-state index in [0.717, 1.165) is 17.3 Å². The molecule has 1 N–H and O–H groups in total. The van der Waals surface area contributed by atoms with E-state index in [4.69, 9.17) is 26.2 Å². The topological polar surface area (TPSA) is 107 Å². The fraction of sp³-hybridized carbons (Fsp3) is 0.333. The van der Waals surface area contributed by atoms with Gasteiger partial charge in [0.25, 0.3) is 0 Å². The molecule has 0 aliphatic carbocycles. The molecule has 1 unspecified atom stereocenters. The summed E-state index contributed by atoms with van der Waals surface area (Å²) in [5.41, 5.74) is 1.58. The van der Waals surface area contributed by atoms with Gasteiger partial charge >= 0.3 is 11.9 Å². The Labute approximate surface area is 200 Å². The maximum atomic E-state index is 12.2. The number of thioether (sulfide) groups is 1. The van der Waals surface area contributed by atoms with Gasteiger partial charge in [0.15, 0.2) is 17.0 Å². The number of carbonyl (C=O) groups excluding carboxylic acids is 3. The van der Waals surface area contributed by atoms with Gasteiger partial charge in [0.1, 0.15) is 12.4 Å². The number of benzene rings is 2. The molecular formula is C24H23ClO7S. The molecule has 2 atom stereocenters. The minimum atomic E-state index is -0.969. The van der Waals surface area contributed by atoms with E-state index < -0.39 is 18.0 Å². The molecule has 174 valence electrons. The zero-order chi connectivity index (χ0) is 23.8. The van der Waals surface area contributed by atoms with Crippen LogP contribution in [0.2, 0.25) is 5.02 Å². The number of halogens is 1. The second-order valence-corrected chi connectivity index (χ2v) is 9.26. The molecule has 0 bridgehead atoms. The van der Waals surface area contributed by atoms with Crippen LogP contribution in [0.1, 0.15) is 42.9 Å². The third-order valence-corrected chi connectivity index (χ3v) is 6.32. The largest absolute Gasteiger partial charge is 0.489 e. The molecule has 3 rings (SSSR count). The van der Waals surface area contributed by atoms with E-state index in [2.05, 4.69) is 0 Å². The molecule has 1 heterocycles. The van der Waals surface area contributed by atoms with Crippen molar-refractivity contribution in [3.8, 4) is 5.75 Å². The first-order valence-electron chi connectivity index (χ1n) is 10.4. The molecule has 0 spiro atoms. The lowest BCUT2D eigenvalue weighted by Crippen LogP contribution is -2.18. The number of ether oxygens (including phenoxy) is 2. The van der Waals surface area contributed by atoms with E-state index in [-0.39, 0.29) is 48.4 Å². The number of ketones is 1. The standard InChI is InChI=1S/C24H23ClO7S/c25-17-4-1-3-16(12-17)20(32-23(29)6-2-5-22(27)28)14-31-18-9-7-15(8-10-18)11-21-19(26)13-24(30)33-21/h1,3-4,7-10,12,20-21H,2,5-6,11,13-14H2,(H,27,28)/t20-,21?/m0/s1. The van der Waals surface area contributed by atoms with Gasteiger partial charge in [0.2, 0.25) is 0 Å². The number of hydrogen-bond acceptors (Lipinski definition) is 7. The van der Waals surface area contributed by atoms with E-state index in [1.807, 2.05) is 12.1 Å². The third kappa shape index (κ3) is 7.91. The number of Topliss-reactive ketones (excluding diaryl/α,β-unsaturated/α-hetero) is 1. The molecule has 0 saturated carbocycles. The second-order valence-electron chi connectivity index (χ2n) is 7.56. The van der Waals surface area contributed by atoms with Crippen LogP contribution in [0.4, 0.5) is 0 Å². The summed E-state index contributed by atoms with van der Waals surface area (Å²) in [6.07, 6.45) is -0.187. The van der Waals surface area contributed by atoms with Crippen molar-refractivity contribution in [2.75, 3.05) is 6.61 Å². The van der Waals surface area contributed by atoms with Gasteiger partial charge < -0.3 is 14.6 Å². The lowest BCUT2D eigenvalue weighted by atomic mass is 10.1. The number of esters is 1. The molecule has 33 heavy (non-hydrogen) atoms. The van der Waals surface area contributed by atoms with E-state index in [1.165, 1.54) is 0 Å². The predicted octanol–water partition coefficient (Wildman–Crippen LogP) is 4.40. The van der Waals surface area contributed by atoms with Gasteiger partial charge in [-0.05, 0) is 48.2 Å². The molecule has 1 aliphatic rings. The van der Waals surface area contributed by atoms with Crippen molar-refractivity contribution in [3.63, 3.8) is 0 Å². The first-order valence-corrected chi connectivity index (χ1v) is 11.7. The van der Waals surface area contributed by atoms with Gasteiger partial charge in [-0.15, -0.1) is 0 Å². The minimum Gasteiger partial charge on any atom is -0.489 e. The summed E-state index contributed by atoms with van der Waals surface area (Å²) in [7, 11) is 0. The van der Waals surface area contributed by atoms with Crippen molar-refractivity contribution < 1.29 is 33.8 Å². The van der Waals surface area contributed by atoms with Crippen molar-refractivity contribution in [2.24, 2.45) is 0 Å². The highest BCUT2D eigenvalue weighted by Gasteiger charge is 2.31. The molecule has 9 heteroatoms. The van der Waals surface area contributed by atoms with Crippen LogP contribution < -0.4 is 4.74 Å². The summed E-state index contributed by atoms with van der Waals surface area (Å²) in [6, 6.07) is 14.1. The lowest BCUT2D eigenvalue weighted by Gasteiger charge is -2.19. The number of carboxylic acid groups (broad SMARTS) is 1. The van der Waals surface area contributed by atoms with E-state index in [1.54, 1.807) is 36.4 Å². The average Bonchev–Trinajstić information content (AvgIpc) is 3.08. The first kappa shape index (κ1) is 24.8. The molecule has 2 aromatic carbocycles. The Bertz CT molecular complexity index is 1020. The Morgan fingerprint density at radius 2 is 1.88 bits per heavy atom. The summed E-state index contributed by atoms with van der Waals surface area (Å²) in [5, 5.41) is 8.79. The van der Waals surface area contributed by atoms with E-state index >= 15 is 0 Å². The monoisotopic (exact) mass is 490 g/mol. The van der Waals surface area contributed by atoms with Crippen LogP contribution in [-0.2, 0) is 30.3 Å². The highest BCUT2D eigenvalue weighted by molar-refractivity contribution is 8.15. The summed E-state index contributed by atoms with van der Waals surface area (Å²) in [4.78, 5) is 46.1. The SMILES string of the molecule is O=C(O)CCCC(=O)O[C@@H](COc1ccc(CC2SC(=O)CC2=O)cc1)c1cccc(Cl)c1. The molecule has 0 amide bonds. The Morgan fingerprint density at radius 1 is 1.12 bits per heavy atom. The number of aliphatic carboxylic acids is 1. The van der Waals surface area contributed by atoms with Crippen LogP contribution in [0.5, 0.6) is 5.75 Å². The maximum Gasteiger partial charge on any atom is 0.306 e. The Kier molecular flexibility index (Phi) is 8.91. The predicted molar refractivity (Wildman–Crippen MR) is 123 cm³/mol. The van der Waals surface area contributed by atoms with Crippen molar-refractivity contribution >= 4 is 46.2 Å². The van der Waals surface area contributed by atoms with Gasteiger partial charge in [-0.3, -0.25) is 19.2 Å². The normalized spacial score (nSPS) is 16.5. The number of carboxylic acids is 1. The zero-order valence-corrected chi connectivity index (χ0v) is 19.3. The van der Waals surface area contributed by atoms with Crippen molar-refractivity contribution in [3.05, 3.63) is 64.7 Å². The van der Waals surface area contributed by atoms with Crippen molar-refractivity contribution in [2.45, 2.75) is 43.5 Å². The summed E-state index contributed by atoms with van der Waals surface area (Å²) in [5.74, 6) is -0.981. The maximum absolute atomic E-state index is 12.2. The van der Waals surface area contributed by atoms with Crippen LogP contribution in [0.25, 0.3) is 0 Å². The van der Waals surface area contributed by atoms with E-state index in [9.17, 15) is 19.2 Å².